The lowest BCUT2D eigenvalue weighted by atomic mass is 10.00. The van der Waals surface area contributed by atoms with Crippen molar-refractivity contribution in [2.75, 3.05) is 13.2 Å². The number of hydrogen-bond donors (Lipinski definition) is 0. The van der Waals surface area contributed by atoms with Gasteiger partial charge in [0.15, 0.2) is 0 Å². The molecule has 0 saturated heterocycles. The molecule has 0 aromatic rings. The average molecular weight is 274 g/mol. The third-order valence-electron chi connectivity index (χ3n) is 2.04. The topological polar surface area (TPSA) is 52.6 Å². The second-order valence-corrected chi connectivity index (χ2v) is 6.70. The fourth-order valence-corrected chi connectivity index (χ4v) is 2.74. The largest absolute Gasteiger partial charge is 0.397 e. The molecular formula is C13H23O4P. The summed E-state index contributed by atoms with van der Waals surface area (Å²) in [5.74, 6) is 0. The van der Waals surface area contributed by atoms with Crippen molar-refractivity contribution >= 4 is 13.1 Å². The van der Waals surface area contributed by atoms with Crippen LogP contribution in [0.15, 0.2) is 24.3 Å². The molecule has 18 heavy (non-hydrogen) atoms. The van der Waals surface area contributed by atoms with E-state index in [4.69, 9.17) is 9.05 Å². The molecule has 0 bridgehead atoms. The maximum absolute atomic E-state index is 12.4. The normalized spacial score (nSPS) is 16.3. The van der Waals surface area contributed by atoms with E-state index in [1.54, 1.807) is 45.1 Å². The van der Waals surface area contributed by atoms with Crippen molar-refractivity contribution in [2.24, 2.45) is 5.41 Å². The van der Waals surface area contributed by atoms with Gasteiger partial charge in [0.25, 0.3) is 0 Å². The maximum atomic E-state index is 12.4. The Labute approximate surface area is 110 Å². The van der Waals surface area contributed by atoms with Gasteiger partial charge in [-0.15, -0.1) is 0 Å². The fourth-order valence-electron chi connectivity index (χ4n) is 1.04. The van der Waals surface area contributed by atoms with Gasteiger partial charge in [0.1, 0.15) is 0 Å². The molecule has 0 unspecified atom stereocenters. The van der Waals surface area contributed by atoms with Crippen LogP contribution in [0.25, 0.3) is 0 Å². The smallest absolute Gasteiger partial charge is 0.299 e. The molecule has 0 rings (SSSR count). The Hall–Kier alpha value is -0.700. The van der Waals surface area contributed by atoms with Gasteiger partial charge in [-0.1, -0.05) is 45.1 Å². The molecule has 0 N–H and O–H groups in total. The van der Waals surface area contributed by atoms with E-state index in [-0.39, 0.29) is 13.2 Å². The highest BCUT2D eigenvalue weighted by Gasteiger charge is 2.41. The summed E-state index contributed by atoms with van der Waals surface area (Å²) in [4.78, 5) is 12.1. The van der Waals surface area contributed by atoms with Crippen molar-refractivity contribution in [2.45, 2.75) is 34.6 Å². The number of carbonyl (C=O) groups excluding carboxylic acids is 1. The molecule has 0 saturated carbocycles. The monoisotopic (exact) mass is 274 g/mol. The van der Waals surface area contributed by atoms with Crippen LogP contribution in [0.3, 0.4) is 0 Å². The molecule has 0 spiro atoms. The van der Waals surface area contributed by atoms with E-state index in [9.17, 15) is 9.36 Å². The Morgan fingerprint density at radius 2 is 1.44 bits per heavy atom. The van der Waals surface area contributed by atoms with Gasteiger partial charge in [0.05, 0.1) is 13.2 Å². The first-order valence-electron chi connectivity index (χ1n) is 5.94. The van der Waals surface area contributed by atoms with E-state index in [2.05, 4.69) is 0 Å². The van der Waals surface area contributed by atoms with Crippen LogP contribution >= 0.6 is 7.60 Å². The predicted molar refractivity (Wildman–Crippen MR) is 73.6 cm³/mol. The lowest BCUT2D eigenvalue weighted by Gasteiger charge is -2.23. The summed E-state index contributed by atoms with van der Waals surface area (Å²) in [6.07, 6.45) is 6.89. The number of hydrogen-bond acceptors (Lipinski definition) is 4. The third kappa shape index (κ3) is 5.76. The Bertz CT molecular complexity index is 344. The highest BCUT2D eigenvalue weighted by molar-refractivity contribution is 7.72. The summed E-state index contributed by atoms with van der Waals surface area (Å²) in [6, 6.07) is 0. The number of allylic oxidation sites excluding steroid dienone is 2. The van der Waals surface area contributed by atoms with Crippen LogP contribution in [0.1, 0.15) is 34.6 Å². The zero-order valence-electron chi connectivity index (χ0n) is 11.8. The van der Waals surface area contributed by atoms with Crippen molar-refractivity contribution in [1.82, 2.24) is 0 Å². The summed E-state index contributed by atoms with van der Waals surface area (Å²) in [7, 11) is -3.73. The van der Waals surface area contributed by atoms with Crippen molar-refractivity contribution in [3.63, 3.8) is 0 Å². The quantitative estimate of drug-likeness (QED) is 0.521. The highest BCUT2D eigenvalue weighted by Crippen LogP contribution is 2.53. The van der Waals surface area contributed by atoms with Crippen molar-refractivity contribution in [1.29, 1.82) is 0 Å². The molecule has 0 atom stereocenters. The van der Waals surface area contributed by atoms with E-state index in [0.29, 0.717) is 0 Å². The molecule has 0 aliphatic heterocycles. The van der Waals surface area contributed by atoms with Crippen LogP contribution in [0.4, 0.5) is 0 Å². The van der Waals surface area contributed by atoms with Gasteiger partial charge >= 0.3 is 7.60 Å². The molecule has 0 aliphatic rings. The first kappa shape index (κ1) is 17.3. The number of carbonyl (C=O) groups is 1. The van der Waals surface area contributed by atoms with Gasteiger partial charge in [-0.25, -0.2) is 0 Å². The summed E-state index contributed by atoms with van der Waals surface area (Å²) in [5, 5.41) is 0. The van der Waals surface area contributed by atoms with Gasteiger partial charge in [-0.2, -0.15) is 0 Å². The molecule has 104 valence electrons. The van der Waals surface area contributed by atoms with Crippen LogP contribution in [-0.2, 0) is 18.4 Å². The summed E-state index contributed by atoms with van der Waals surface area (Å²) < 4.78 is 22.8. The van der Waals surface area contributed by atoms with Crippen LogP contribution in [0, 0.1) is 5.41 Å². The highest BCUT2D eigenvalue weighted by atomic mass is 31.2. The third-order valence-corrected chi connectivity index (χ3v) is 4.19. The van der Waals surface area contributed by atoms with Crippen LogP contribution in [0.5, 0.6) is 0 Å². The van der Waals surface area contributed by atoms with Gasteiger partial charge in [0, 0.05) is 5.41 Å². The Kier molecular flexibility index (Phi) is 7.37. The molecule has 0 heterocycles. The van der Waals surface area contributed by atoms with Crippen LogP contribution < -0.4 is 0 Å². The molecule has 0 aromatic heterocycles. The van der Waals surface area contributed by atoms with E-state index >= 15 is 0 Å². The van der Waals surface area contributed by atoms with Crippen molar-refractivity contribution in [3.05, 3.63) is 24.3 Å². The molecule has 4 nitrogen and oxygen atoms in total. The van der Waals surface area contributed by atoms with Crippen LogP contribution in [-0.4, -0.2) is 18.7 Å². The fraction of sp³-hybridized carbons (Fsp3) is 0.615. The van der Waals surface area contributed by atoms with Crippen molar-refractivity contribution in [3.8, 4) is 0 Å². The molecule has 5 heteroatoms. The maximum Gasteiger partial charge on any atom is 0.397 e. The first-order chi connectivity index (χ1) is 8.28. The molecule has 0 fully saturated rings. The SMILES string of the molecule is CC=CCOP(=O)(OCC=CC)C(=O)C(C)(C)C. The second-order valence-electron chi connectivity index (χ2n) is 4.78. The summed E-state index contributed by atoms with van der Waals surface area (Å²) >= 11 is 0. The van der Waals surface area contributed by atoms with E-state index in [0.717, 1.165) is 0 Å². The van der Waals surface area contributed by atoms with E-state index in [1.165, 1.54) is 0 Å². The van der Waals surface area contributed by atoms with E-state index < -0.39 is 18.5 Å². The minimum atomic E-state index is -3.73. The lowest BCUT2D eigenvalue weighted by Crippen LogP contribution is -2.22. The molecule has 0 aliphatic carbocycles. The van der Waals surface area contributed by atoms with Gasteiger partial charge in [-0.3, -0.25) is 18.4 Å². The average Bonchev–Trinajstić information content (AvgIpc) is 2.27. The Morgan fingerprint density at radius 3 is 1.72 bits per heavy atom. The minimum Gasteiger partial charge on any atom is -0.299 e. The molecule has 0 radical (unpaired) electrons. The molecule has 0 aromatic carbocycles. The van der Waals surface area contributed by atoms with Gasteiger partial charge in [0.2, 0.25) is 5.52 Å². The second kappa shape index (κ2) is 7.67. The van der Waals surface area contributed by atoms with Gasteiger partial charge in [-0.05, 0) is 13.8 Å². The number of rotatable bonds is 7. The molecule has 0 amide bonds. The predicted octanol–water partition coefficient (Wildman–Crippen LogP) is 3.94. The molecular weight excluding hydrogens is 251 g/mol. The van der Waals surface area contributed by atoms with E-state index in [1.807, 2.05) is 13.8 Å². The van der Waals surface area contributed by atoms with Crippen LogP contribution in [0.2, 0.25) is 0 Å². The Morgan fingerprint density at radius 1 is 1.06 bits per heavy atom. The standard InChI is InChI=1S/C13H23O4P/c1-6-8-10-16-18(15,17-11-9-7-2)12(14)13(3,4)5/h6-9H,10-11H2,1-5H3. The zero-order chi connectivity index (χ0) is 14.2. The van der Waals surface area contributed by atoms with Crippen molar-refractivity contribution < 1.29 is 18.4 Å². The van der Waals surface area contributed by atoms with Gasteiger partial charge < -0.3 is 0 Å². The Balaban J connectivity index is 4.90. The first-order valence-corrected chi connectivity index (χ1v) is 7.48. The minimum absolute atomic E-state index is 0.103. The summed E-state index contributed by atoms with van der Waals surface area (Å²) in [5.41, 5.74) is -1.26. The zero-order valence-corrected chi connectivity index (χ0v) is 12.7. The lowest BCUT2D eigenvalue weighted by molar-refractivity contribution is -0.120. The summed E-state index contributed by atoms with van der Waals surface area (Å²) in [6.45, 7) is 8.93.